The first-order valence-corrected chi connectivity index (χ1v) is 10.1. The first-order valence-electron chi connectivity index (χ1n) is 10.1. The molecule has 0 saturated carbocycles. The van der Waals surface area contributed by atoms with Crippen molar-refractivity contribution < 1.29 is 14.3 Å². The Morgan fingerprint density at radius 3 is 2.31 bits per heavy atom. The van der Waals surface area contributed by atoms with Gasteiger partial charge in [-0.15, -0.1) is 12.3 Å². The molecule has 1 N–H and O–H groups in total. The van der Waals surface area contributed by atoms with E-state index in [4.69, 9.17) is 11.2 Å². The van der Waals surface area contributed by atoms with Gasteiger partial charge in [0.15, 0.2) is 0 Å². The second-order valence-corrected chi connectivity index (χ2v) is 7.75. The molecule has 0 radical (unpaired) electrons. The van der Waals surface area contributed by atoms with Crippen molar-refractivity contribution in [1.29, 1.82) is 0 Å². The quantitative estimate of drug-likeness (QED) is 0.370. The van der Waals surface area contributed by atoms with Gasteiger partial charge < -0.3 is 14.8 Å². The number of hydrogen-bond acceptors (Lipinski definition) is 3. The number of hydrogen-bond donors (Lipinski definition) is 1. The highest BCUT2D eigenvalue weighted by Gasteiger charge is 2.30. The molecule has 29 heavy (non-hydrogen) atoms. The summed E-state index contributed by atoms with van der Waals surface area (Å²) in [4.78, 5) is 24.0. The average molecular weight is 389 g/mol. The highest BCUT2D eigenvalue weighted by molar-refractivity contribution is 5.79. The Kier molecular flexibility index (Phi) is 6.72. The van der Waals surface area contributed by atoms with Crippen molar-refractivity contribution in [3.8, 4) is 23.5 Å². The molecule has 1 atom stereocenters. The largest absolute Gasteiger partial charge is 0.449 e. The fourth-order valence-electron chi connectivity index (χ4n) is 3.91. The lowest BCUT2D eigenvalue weighted by Gasteiger charge is -2.25. The van der Waals surface area contributed by atoms with Crippen LogP contribution in [0.4, 0.5) is 4.79 Å². The van der Waals surface area contributed by atoms with E-state index in [0.29, 0.717) is 6.42 Å². The van der Waals surface area contributed by atoms with E-state index in [9.17, 15) is 9.59 Å². The van der Waals surface area contributed by atoms with Crippen LogP contribution in [0, 0.1) is 12.3 Å². The number of carbonyl (C=O) groups excluding carboxylic acids is 2. The molecule has 2 aromatic carbocycles. The fraction of sp³-hybridized carbons (Fsp3) is 0.360. The summed E-state index contributed by atoms with van der Waals surface area (Å²) in [6.45, 7) is 1.96. The number of terminal acetylenes is 1. The van der Waals surface area contributed by atoms with E-state index >= 15 is 0 Å². The monoisotopic (exact) mass is 389 g/mol. The summed E-state index contributed by atoms with van der Waals surface area (Å²) in [6.07, 6.45) is 9.45. The van der Waals surface area contributed by atoms with Crippen LogP contribution in [0.15, 0.2) is 48.5 Å². The summed E-state index contributed by atoms with van der Waals surface area (Å²) in [5, 5.41) is 2.74. The summed E-state index contributed by atoms with van der Waals surface area (Å²) in [5.41, 5.74) is 3.75. The average Bonchev–Trinajstić information content (AvgIpc) is 3.06. The van der Waals surface area contributed by atoms with Gasteiger partial charge in [0.05, 0.1) is 5.54 Å². The van der Waals surface area contributed by atoms with E-state index in [1.165, 1.54) is 11.1 Å². The number of amides is 1. The molecular weight excluding hydrogens is 362 g/mol. The molecule has 3 rings (SSSR count). The molecule has 0 saturated heterocycles. The first-order chi connectivity index (χ1) is 14.1. The van der Waals surface area contributed by atoms with E-state index in [2.05, 4.69) is 35.5 Å². The van der Waals surface area contributed by atoms with Gasteiger partial charge >= 0.3 is 6.09 Å². The van der Waals surface area contributed by atoms with Gasteiger partial charge in [0.1, 0.15) is 12.9 Å². The van der Waals surface area contributed by atoms with Gasteiger partial charge in [-0.1, -0.05) is 61.4 Å². The van der Waals surface area contributed by atoms with Crippen LogP contribution >= 0.6 is 0 Å². The summed E-state index contributed by atoms with van der Waals surface area (Å²) in [5.74, 6) is 2.61. The van der Waals surface area contributed by atoms with Crippen LogP contribution in [0.3, 0.4) is 0 Å². The Hall–Kier alpha value is -3.06. The molecule has 1 aliphatic rings. The number of fused-ring (bicyclic) bond motifs is 3. The maximum atomic E-state index is 12.4. The Bertz CT molecular complexity index is 869. The van der Waals surface area contributed by atoms with E-state index in [-0.39, 0.29) is 12.5 Å². The van der Waals surface area contributed by atoms with Gasteiger partial charge in [0.25, 0.3) is 0 Å². The number of unbranched alkanes of at least 4 members (excludes halogenated alkanes) is 3. The topological polar surface area (TPSA) is 55.4 Å². The minimum atomic E-state index is -0.932. The van der Waals surface area contributed by atoms with E-state index < -0.39 is 11.6 Å². The van der Waals surface area contributed by atoms with Gasteiger partial charge in [0, 0.05) is 12.3 Å². The van der Waals surface area contributed by atoms with Gasteiger partial charge in [-0.25, -0.2) is 4.79 Å². The zero-order valence-electron chi connectivity index (χ0n) is 16.8. The molecular formula is C25H27NO3. The van der Waals surface area contributed by atoms with Crippen molar-refractivity contribution >= 4 is 12.4 Å². The van der Waals surface area contributed by atoms with Crippen LogP contribution in [0.5, 0.6) is 0 Å². The molecule has 150 valence electrons. The van der Waals surface area contributed by atoms with Crippen LogP contribution in [-0.2, 0) is 9.53 Å². The predicted octanol–water partition coefficient (Wildman–Crippen LogP) is 5.07. The van der Waals surface area contributed by atoms with Crippen LogP contribution in [0.1, 0.15) is 56.1 Å². The second-order valence-electron chi connectivity index (χ2n) is 7.75. The molecule has 0 fully saturated rings. The third-order valence-corrected chi connectivity index (χ3v) is 5.51. The van der Waals surface area contributed by atoms with Crippen LogP contribution in [0.2, 0.25) is 0 Å². The smallest absolute Gasteiger partial charge is 0.407 e. The zero-order chi connectivity index (χ0) is 20.7. The third-order valence-electron chi connectivity index (χ3n) is 5.51. The molecule has 1 amide bonds. The molecule has 4 nitrogen and oxygen atoms in total. The highest BCUT2D eigenvalue weighted by atomic mass is 16.5. The van der Waals surface area contributed by atoms with Crippen LogP contribution < -0.4 is 5.32 Å². The summed E-state index contributed by atoms with van der Waals surface area (Å²) in [7, 11) is 0. The van der Waals surface area contributed by atoms with Crippen molar-refractivity contribution in [1.82, 2.24) is 5.32 Å². The number of benzene rings is 2. The number of rotatable bonds is 9. The minimum absolute atomic E-state index is 0.000556. The van der Waals surface area contributed by atoms with Gasteiger partial charge in [-0.3, -0.25) is 0 Å². The van der Waals surface area contributed by atoms with Gasteiger partial charge in [-0.2, -0.15) is 0 Å². The second kappa shape index (κ2) is 9.43. The molecule has 2 aromatic rings. The van der Waals surface area contributed by atoms with E-state index in [1.54, 1.807) is 6.92 Å². The normalized spacial score (nSPS) is 14.2. The maximum Gasteiger partial charge on any atom is 0.407 e. The predicted molar refractivity (Wildman–Crippen MR) is 115 cm³/mol. The van der Waals surface area contributed by atoms with Crippen LogP contribution in [0.25, 0.3) is 11.1 Å². The van der Waals surface area contributed by atoms with Crippen molar-refractivity contribution in [2.24, 2.45) is 0 Å². The molecule has 0 unspecified atom stereocenters. The summed E-state index contributed by atoms with van der Waals surface area (Å²) in [6, 6.07) is 16.4. The lowest BCUT2D eigenvalue weighted by molar-refractivity contribution is -0.113. The maximum absolute atomic E-state index is 12.4. The Morgan fingerprint density at radius 1 is 1.10 bits per heavy atom. The Morgan fingerprint density at radius 2 is 1.72 bits per heavy atom. The third kappa shape index (κ3) is 4.86. The number of nitrogens with one attached hydrogen (secondary N) is 1. The molecule has 0 bridgehead atoms. The summed E-state index contributed by atoms with van der Waals surface area (Å²) >= 11 is 0. The molecule has 4 heteroatoms. The van der Waals surface area contributed by atoms with Crippen molar-refractivity contribution in [3.05, 3.63) is 59.7 Å². The molecule has 0 aliphatic heterocycles. The van der Waals surface area contributed by atoms with Crippen molar-refractivity contribution in [3.63, 3.8) is 0 Å². The first kappa shape index (κ1) is 20.7. The van der Waals surface area contributed by atoms with Gasteiger partial charge in [0.2, 0.25) is 0 Å². The zero-order valence-corrected chi connectivity index (χ0v) is 16.8. The van der Waals surface area contributed by atoms with Crippen molar-refractivity contribution in [2.45, 2.75) is 50.5 Å². The standard InChI is InChI=1S/C25H27NO3/c1-3-4-5-6-11-16-25(2,18-27)26-24(28)29-17-23-21-14-9-7-12-19(21)20-13-8-10-15-22(20)23/h1,7-10,12-15,18,23H,4-6,11,16-17H2,2H3,(H,26,28)/t25-/m0/s1. The van der Waals surface area contributed by atoms with Crippen molar-refractivity contribution in [2.75, 3.05) is 6.61 Å². The number of carbonyl (C=O) groups is 2. The Balaban J connectivity index is 1.59. The number of aldehydes is 1. The highest BCUT2D eigenvalue weighted by Crippen LogP contribution is 2.44. The fourth-order valence-corrected chi connectivity index (χ4v) is 3.91. The number of alkyl carbamates (subject to hydrolysis) is 1. The number of ether oxygens (including phenoxy) is 1. The van der Waals surface area contributed by atoms with Gasteiger partial charge in [-0.05, 0) is 42.0 Å². The molecule has 0 heterocycles. The SMILES string of the molecule is C#CCCCCC[C@@](C)(C=O)NC(=O)OCC1c2ccccc2-c2ccccc21. The minimum Gasteiger partial charge on any atom is -0.449 e. The molecule has 0 aromatic heterocycles. The lowest BCUT2D eigenvalue weighted by Crippen LogP contribution is -2.47. The Labute approximate surface area is 172 Å². The van der Waals surface area contributed by atoms with E-state index in [0.717, 1.165) is 43.1 Å². The molecule has 1 aliphatic carbocycles. The van der Waals surface area contributed by atoms with Crippen LogP contribution in [-0.4, -0.2) is 24.5 Å². The summed E-state index contributed by atoms with van der Waals surface area (Å²) < 4.78 is 5.55. The lowest BCUT2D eigenvalue weighted by atomic mass is 9.96. The van der Waals surface area contributed by atoms with E-state index in [1.807, 2.05) is 24.3 Å². The molecule has 0 spiro atoms.